The van der Waals surface area contributed by atoms with Gasteiger partial charge in [0.25, 0.3) is 0 Å². The Hall–Kier alpha value is -11.7. The molecular weight excluding hydrogens is 1270 g/mol. The molecule has 10 atom stereocenters. The normalized spacial score (nSPS) is 14.2. The van der Waals surface area contributed by atoms with E-state index in [1.165, 1.54) is 81.1 Å². The standard InChI is InChI=1S/C64H76N14O19/c1-32(2)54(64(96)97)78-62(94)47(25-51(66)82)74-56(88)44(21-34-12-16-38(80)17-13-34)70-59(91)46(23-36-28-68-42-11-7-6-10-40(36)42)73-61(93)49(27-53(85)86)76-58(90)45(22-35-14-18-39(81)19-15-35)71-60(92)48(26-52(83)84)75-57(89)43(20-33-8-4-3-5-9-33)72-63(95)50(30-79)77-55(87)41(65)24-37-29-67-31-69-37/h3-19,28-29,31-32,41,43-50,54,68,79-81H,20-27,30,65H2,1-2H3,(H2,66,82)(H,67,69)(H,70,91)(H,71,92)(H,72,95)(H,73,93)(H,74,88)(H,75,89)(H,76,90)(H,77,87)(H,78,94)(H,83,84)(H,85,86)(H,96,97)/t41-,43-,44-,45-,46-,47-,48-,49-,50-,54-/m0/s1. The first-order valence-corrected chi connectivity index (χ1v) is 30.2. The molecule has 0 unspecified atom stereocenters. The second-order valence-electron chi connectivity index (χ2n) is 23.0. The fourth-order valence-corrected chi connectivity index (χ4v) is 9.99. The number of aromatic nitrogens is 3. The van der Waals surface area contributed by atoms with E-state index in [0.717, 1.165) is 0 Å². The average molecular weight is 1350 g/mol. The van der Waals surface area contributed by atoms with Crippen LogP contribution in [0.25, 0.3) is 10.9 Å². The first-order chi connectivity index (χ1) is 46.1. The molecule has 21 N–H and O–H groups in total. The third-order valence-corrected chi connectivity index (χ3v) is 15.1. The van der Waals surface area contributed by atoms with Crippen molar-refractivity contribution in [3.63, 3.8) is 0 Å². The number of nitrogens with zero attached hydrogens (tertiary/aromatic N) is 1. The lowest BCUT2D eigenvalue weighted by Crippen LogP contribution is -2.62. The third-order valence-electron chi connectivity index (χ3n) is 15.1. The second kappa shape index (κ2) is 35.5. The van der Waals surface area contributed by atoms with Crippen molar-refractivity contribution in [3.05, 3.63) is 150 Å². The van der Waals surface area contributed by atoms with Crippen LogP contribution in [0.4, 0.5) is 0 Å². The number of phenols is 2. The summed E-state index contributed by atoms with van der Waals surface area (Å²) in [6.07, 6.45) is -0.698. The molecule has 4 aromatic carbocycles. The van der Waals surface area contributed by atoms with Crippen molar-refractivity contribution in [1.29, 1.82) is 0 Å². The van der Waals surface area contributed by atoms with Gasteiger partial charge in [-0.15, -0.1) is 0 Å². The van der Waals surface area contributed by atoms with Crippen LogP contribution in [0.3, 0.4) is 0 Å². The molecule has 2 heterocycles. The van der Waals surface area contributed by atoms with Gasteiger partial charge >= 0.3 is 17.9 Å². The van der Waals surface area contributed by atoms with Crippen molar-refractivity contribution < 1.29 is 93.0 Å². The number of rotatable bonds is 37. The number of carbonyl (C=O) groups is 13. The van der Waals surface area contributed by atoms with Gasteiger partial charge in [0.1, 0.15) is 65.9 Å². The van der Waals surface area contributed by atoms with Crippen LogP contribution in [0, 0.1) is 5.92 Å². The van der Waals surface area contributed by atoms with E-state index in [4.69, 9.17) is 11.5 Å². The molecule has 0 fully saturated rings. The molecule has 10 amide bonds. The Morgan fingerprint density at radius 3 is 1.27 bits per heavy atom. The van der Waals surface area contributed by atoms with Gasteiger partial charge in [0.05, 0.1) is 38.2 Å². The van der Waals surface area contributed by atoms with E-state index in [1.54, 1.807) is 54.6 Å². The van der Waals surface area contributed by atoms with Gasteiger partial charge in [-0.05, 0) is 58.5 Å². The van der Waals surface area contributed by atoms with E-state index in [2.05, 4.69) is 62.8 Å². The maximum absolute atomic E-state index is 14.9. The van der Waals surface area contributed by atoms with Crippen molar-refractivity contribution in [3.8, 4) is 11.5 Å². The highest BCUT2D eigenvalue weighted by Crippen LogP contribution is 2.21. The Kier molecular flexibility index (Phi) is 27.2. The second-order valence-corrected chi connectivity index (χ2v) is 23.0. The van der Waals surface area contributed by atoms with Crippen LogP contribution in [-0.2, 0) is 94.4 Å². The van der Waals surface area contributed by atoms with E-state index in [0.29, 0.717) is 33.3 Å². The summed E-state index contributed by atoms with van der Waals surface area (Å²) in [6, 6.07) is 7.53. The number of para-hydroxylation sites is 1. The van der Waals surface area contributed by atoms with Crippen molar-refractivity contribution in [1.82, 2.24) is 62.8 Å². The van der Waals surface area contributed by atoms with E-state index >= 15 is 0 Å². The van der Waals surface area contributed by atoms with Crippen LogP contribution in [0.5, 0.6) is 11.5 Å². The average Bonchev–Trinajstić information content (AvgIpc) is 1.60. The highest BCUT2D eigenvalue weighted by atomic mass is 16.4. The predicted octanol–water partition coefficient (Wildman–Crippen LogP) is -2.94. The Labute approximate surface area is 552 Å². The van der Waals surface area contributed by atoms with E-state index in [9.17, 15) is 93.0 Å². The van der Waals surface area contributed by atoms with Crippen molar-refractivity contribution in [2.24, 2.45) is 17.4 Å². The van der Waals surface area contributed by atoms with E-state index in [1.807, 2.05) is 0 Å². The van der Waals surface area contributed by atoms with Crippen LogP contribution < -0.4 is 59.3 Å². The number of H-pyrrole nitrogens is 2. The monoisotopic (exact) mass is 1340 g/mol. The first-order valence-electron chi connectivity index (χ1n) is 30.2. The molecule has 97 heavy (non-hydrogen) atoms. The molecule has 2 aromatic heterocycles. The topological polar surface area (TPSA) is 548 Å². The van der Waals surface area contributed by atoms with Crippen molar-refractivity contribution in [2.45, 2.75) is 126 Å². The zero-order chi connectivity index (χ0) is 71.0. The summed E-state index contributed by atoms with van der Waals surface area (Å²) >= 11 is 0. The molecule has 516 valence electrons. The molecule has 0 aliphatic carbocycles. The van der Waals surface area contributed by atoms with Gasteiger partial charge in [0.2, 0.25) is 59.1 Å². The van der Waals surface area contributed by atoms with Crippen LogP contribution in [-0.4, -0.2) is 190 Å². The molecule has 33 nitrogen and oxygen atoms in total. The number of aromatic hydroxyl groups is 2. The van der Waals surface area contributed by atoms with E-state index < -0.39 is 188 Å². The number of aromatic amines is 2. The lowest BCUT2D eigenvalue weighted by Gasteiger charge is -2.28. The van der Waals surface area contributed by atoms with Gasteiger partial charge in [-0.3, -0.25) is 57.5 Å². The Bertz CT molecular complexity index is 3770. The van der Waals surface area contributed by atoms with E-state index in [-0.39, 0.29) is 29.9 Å². The summed E-state index contributed by atoms with van der Waals surface area (Å²) in [5, 5.41) is 82.3. The molecule has 0 saturated heterocycles. The largest absolute Gasteiger partial charge is 0.508 e. The number of carboxylic acids is 3. The van der Waals surface area contributed by atoms with Crippen LogP contribution >= 0.6 is 0 Å². The van der Waals surface area contributed by atoms with Gasteiger partial charge in [-0.2, -0.15) is 0 Å². The maximum Gasteiger partial charge on any atom is 0.326 e. The summed E-state index contributed by atoms with van der Waals surface area (Å²) in [4.78, 5) is 187. The summed E-state index contributed by atoms with van der Waals surface area (Å²) in [5.74, 6) is -17.6. The Morgan fingerprint density at radius 1 is 0.454 bits per heavy atom. The molecule has 0 spiro atoms. The Morgan fingerprint density at radius 2 is 0.845 bits per heavy atom. The van der Waals surface area contributed by atoms with Crippen LogP contribution in [0.1, 0.15) is 61.1 Å². The number of hydrogen-bond acceptors (Lipinski definition) is 18. The zero-order valence-electron chi connectivity index (χ0n) is 52.4. The number of nitrogens with two attached hydrogens (primary N) is 2. The smallest absolute Gasteiger partial charge is 0.326 e. The third kappa shape index (κ3) is 23.1. The number of hydrogen-bond donors (Lipinski definition) is 19. The quantitative estimate of drug-likeness (QED) is 0.0186. The number of carboxylic acid groups (broad SMARTS) is 3. The fraction of sp³-hybridized carbons (Fsp3) is 0.344. The minimum Gasteiger partial charge on any atom is -0.508 e. The fourth-order valence-electron chi connectivity index (χ4n) is 9.99. The maximum atomic E-state index is 14.9. The van der Waals surface area contributed by atoms with Gasteiger partial charge in [-0.25, -0.2) is 9.78 Å². The van der Waals surface area contributed by atoms with Crippen molar-refractivity contribution >= 4 is 87.9 Å². The van der Waals surface area contributed by atoms with Gasteiger partial charge in [0.15, 0.2) is 0 Å². The van der Waals surface area contributed by atoms with Gasteiger partial charge in [-0.1, -0.05) is 86.6 Å². The number of nitrogens with one attached hydrogen (secondary N) is 11. The number of aliphatic hydroxyl groups excluding tert-OH is 1. The minimum absolute atomic E-state index is 0.0473. The molecule has 0 aliphatic heterocycles. The van der Waals surface area contributed by atoms with Crippen molar-refractivity contribution in [2.75, 3.05) is 6.61 Å². The SMILES string of the molecule is CC(C)[C@H](NC(=O)[C@H](CC(N)=O)NC(=O)[C@H](Cc1ccc(O)cc1)NC(=O)[C@H](Cc1c[nH]c2ccccc12)NC(=O)[C@H](CC(=O)O)NC(=O)[C@H](Cc1ccc(O)cc1)NC(=O)[C@H](CC(=O)O)NC(=O)[C@H](Cc1ccccc1)NC(=O)[C@H](CO)NC(=O)[C@@H](N)Cc1cnc[nH]1)C(=O)O. The summed E-state index contributed by atoms with van der Waals surface area (Å²) < 4.78 is 0. The number of amides is 10. The molecule has 0 radical (unpaired) electrons. The minimum atomic E-state index is -2.14. The number of phenolic OH excluding ortho intramolecular Hbond substituents is 2. The Balaban J connectivity index is 1.29. The van der Waals surface area contributed by atoms with Crippen LogP contribution in [0.15, 0.2) is 122 Å². The highest BCUT2D eigenvalue weighted by Gasteiger charge is 2.38. The molecule has 33 heteroatoms. The molecule has 0 bridgehead atoms. The van der Waals surface area contributed by atoms with Gasteiger partial charge < -0.3 is 99.9 Å². The molecule has 6 rings (SSSR count). The van der Waals surface area contributed by atoms with Gasteiger partial charge in [0, 0.05) is 61.1 Å². The summed E-state index contributed by atoms with van der Waals surface area (Å²) in [7, 11) is 0. The van der Waals surface area contributed by atoms with Crippen LogP contribution in [0.2, 0.25) is 0 Å². The molecule has 6 aromatic rings. The number of fused-ring (bicyclic) bond motifs is 1. The number of aliphatic hydroxyl groups is 1. The molecular formula is C64H76N14O19. The lowest BCUT2D eigenvalue weighted by atomic mass is 10.0. The first kappa shape index (κ1) is 74.3. The highest BCUT2D eigenvalue weighted by molar-refractivity contribution is 6.01. The number of aliphatic carboxylic acids is 3. The molecule has 0 aliphatic rings. The summed E-state index contributed by atoms with van der Waals surface area (Å²) in [5.41, 5.74) is 13.8. The zero-order valence-corrected chi connectivity index (χ0v) is 52.4. The number of benzene rings is 4. The number of carbonyl (C=O) groups excluding carboxylic acids is 10. The lowest BCUT2D eigenvalue weighted by molar-refractivity contribution is -0.144. The number of primary amides is 1. The summed E-state index contributed by atoms with van der Waals surface area (Å²) in [6.45, 7) is 1.98. The molecule has 0 saturated carbocycles. The number of imidazole rings is 1. The predicted molar refractivity (Wildman–Crippen MR) is 341 cm³/mol.